The van der Waals surface area contributed by atoms with Crippen molar-refractivity contribution in [1.29, 1.82) is 0 Å². The van der Waals surface area contributed by atoms with Crippen LogP contribution in [0, 0.1) is 6.92 Å². The Hall–Kier alpha value is -2.60. The van der Waals surface area contributed by atoms with Crippen LogP contribution in [-0.2, 0) is 0 Å². The number of nitrogens with zero attached hydrogens (tertiary/aromatic N) is 3. The van der Waals surface area contributed by atoms with E-state index in [0.717, 1.165) is 47.1 Å². The van der Waals surface area contributed by atoms with Crippen molar-refractivity contribution in [2.24, 2.45) is 0 Å². The summed E-state index contributed by atoms with van der Waals surface area (Å²) in [6, 6.07) is 16.2. The lowest BCUT2D eigenvalue weighted by Gasteiger charge is -2.36. The van der Waals surface area contributed by atoms with Crippen molar-refractivity contribution >= 4 is 39.0 Å². The molecule has 128 valence electrons. The molecule has 1 aliphatic rings. The number of urea groups is 1. The second-order valence-corrected chi connectivity index (χ2v) is 7.39. The average molecular weight is 352 g/mol. The van der Waals surface area contributed by atoms with E-state index >= 15 is 0 Å². The molecule has 6 heteroatoms. The standard InChI is InChI=1S/C19H20N4OS/c1-14-20-17-13-15(7-8-18(17)25-14)21-19(24)23-11-9-22(10-12-23)16-5-3-2-4-6-16/h2-8,13H,9-12H2,1H3,(H,21,24). The van der Waals surface area contributed by atoms with Gasteiger partial charge in [0.1, 0.15) is 0 Å². The molecule has 0 radical (unpaired) electrons. The maximum absolute atomic E-state index is 12.5. The first-order valence-electron chi connectivity index (χ1n) is 8.42. The van der Waals surface area contributed by atoms with Crippen LogP contribution in [0.4, 0.5) is 16.2 Å². The Bertz CT molecular complexity index is 885. The number of nitrogens with one attached hydrogen (secondary N) is 1. The summed E-state index contributed by atoms with van der Waals surface area (Å²) in [6.45, 7) is 5.14. The van der Waals surface area contributed by atoms with Crippen molar-refractivity contribution in [2.75, 3.05) is 36.4 Å². The number of aromatic nitrogens is 1. The highest BCUT2D eigenvalue weighted by molar-refractivity contribution is 7.18. The maximum atomic E-state index is 12.5. The van der Waals surface area contributed by atoms with Crippen LogP contribution in [0.1, 0.15) is 5.01 Å². The van der Waals surface area contributed by atoms with Crippen LogP contribution in [0.3, 0.4) is 0 Å². The molecule has 1 aliphatic heterocycles. The number of amides is 2. The second kappa shape index (κ2) is 6.72. The largest absolute Gasteiger partial charge is 0.368 e. The summed E-state index contributed by atoms with van der Waals surface area (Å²) < 4.78 is 1.15. The fourth-order valence-corrected chi connectivity index (χ4v) is 3.94. The number of hydrogen-bond acceptors (Lipinski definition) is 4. The summed E-state index contributed by atoms with van der Waals surface area (Å²) >= 11 is 1.67. The van der Waals surface area contributed by atoms with Gasteiger partial charge in [0.25, 0.3) is 0 Å². The molecule has 2 heterocycles. The molecular formula is C19H20N4OS. The highest BCUT2D eigenvalue weighted by atomic mass is 32.1. The Morgan fingerprint density at radius 2 is 1.84 bits per heavy atom. The Kier molecular flexibility index (Phi) is 4.28. The van der Waals surface area contributed by atoms with Gasteiger partial charge in [0, 0.05) is 37.6 Å². The van der Waals surface area contributed by atoms with Crippen LogP contribution in [0.5, 0.6) is 0 Å². The molecular weight excluding hydrogens is 332 g/mol. The normalized spacial score (nSPS) is 14.8. The number of piperazine rings is 1. The van der Waals surface area contributed by atoms with Gasteiger partial charge < -0.3 is 15.1 Å². The molecule has 0 bridgehead atoms. The van der Waals surface area contributed by atoms with Crippen molar-refractivity contribution in [3.8, 4) is 0 Å². The van der Waals surface area contributed by atoms with Crippen molar-refractivity contribution in [1.82, 2.24) is 9.88 Å². The number of para-hydroxylation sites is 1. The third kappa shape index (κ3) is 3.44. The van der Waals surface area contributed by atoms with E-state index in [1.165, 1.54) is 5.69 Å². The molecule has 0 spiro atoms. The van der Waals surface area contributed by atoms with E-state index < -0.39 is 0 Å². The molecule has 0 unspecified atom stereocenters. The molecule has 1 fully saturated rings. The minimum absolute atomic E-state index is 0.0426. The lowest BCUT2D eigenvalue weighted by molar-refractivity contribution is 0.208. The lowest BCUT2D eigenvalue weighted by atomic mass is 10.2. The van der Waals surface area contributed by atoms with Crippen LogP contribution in [-0.4, -0.2) is 42.1 Å². The first-order valence-corrected chi connectivity index (χ1v) is 9.24. The highest BCUT2D eigenvalue weighted by Gasteiger charge is 2.21. The van der Waals surface area contributed by atoms with Crippen molar-refractivity contribution in [3.05, 3.63) is 53.5 Å². The number of rotatable bonds is 2. The lowest BCUT2D eigenvalue weighted by Crippen LogP contribution is -2.50. The molecule has 0 atom stereocenters. The molecule has 25 heavy (non-hydrogen) atoms. The molecule has 2 aromatic carbocycles. The van der Waals surface area contributed by atoms with Crippen LogP contribution in [0.15, 0.2) is 48.5 Å². The zero-order chi connectivity index (χ0) is 17.2. The van der Waals surface area contributed by atoms with E-state index in [9.17, 15) is 4.79 Å². The van der Waals surface area contributed by atoms with Gasteiger partial charge in [0.2, 0.25) is 0 Å². The average Bonchev–Trinajstić information content (AvgIpc) is 3.02. The van der Waals surface area contributed by atoms with Gasteiger partial charge in [0.15, 0.2) is 0 Å². The van der Waals surface area contributed by atoms with Gasteiger partial charge >= 0.3 is 6.03 Å². The number of carbonyl (C=O) groups is 1. The van der Waals surface area contributed by atoms with Gasteiger partial charge in [-0.25, -0.2) is 9.78 Å². The van der Waals surface area contributed by atoms with Crippen LogP contribution in [0.2, 0.25) is 0 Å². The molecule has 1 saturated heterocycles. The highest BCUT2D eigenvalue weighted by Crippen LogP contribution is 2.24. The van der Waals surface area contributed by atoms with Gasteiger partial charge in [0.05, 0.1) is 15.2 Å². The first-order chi connectivity index (χ1) is 12.2. The number of carbonyl (C=O) groups excluding carboxylic acids is 1. The zero-order valence-electron chi connectivity index (χ0n) is 14.1. The first kappa shape index (κ1) is 15.9. The second-order valence-electron chi connectivity index (χ2n) is 6.16. The van der Waals surface area contributed by atoms with E-state index in [1.807, 2.05) is 48.2 Å². The number of benzene rings is 2. The smallest absolute Gasteiger partial charge is 0.321 e. The molecule has 4 rings (SSSR count). The Morgan fingerprint density at radius 3 is 2.60 bits per heavy atom. The number of thiazole rings is 1. The van der Waals surface area contributed by atoms with Gasteiger partial charge in [-0.05, 0) is 37.3 Å². The van der Waals surface area contributed by atoms with Crippen molar-refractivity contribution in [3.63, 3.8) is 0 Å². The Labute approximate surface area is 150 Å². The van der Waals surface area contributed by atoms with E-state index in [4.69, 9.17) is 0 Å². The fraction of sp³-hybridized carbons (Fsp3) is 0.263. The quantitative estimate of drug-likeness (QED) is 0.759. The predicted molar refractivity (Wildman–Crippen MR) is 104 cm³/mol. The minimum atomic E-state index is -0.0426. The molecule has 3 aromatic rings. The predicted octanol–water partition coefficient (Wildman–Crippen LogP) is 3.96. The van der Waals surface area contributed by atoms with Crippen molar-refractivity contribution < 1.29 is 4.79 Å². The van der Waals surface area contributed by atoms with Gasteiger partial charge in [-0.15, -0.1) is 11.3 Å². The third-order valence-corrected chi connectivity index (χ3v) is 5.39. The summed E-state index contributed by atoms with van der Waals surface area (Å²) in [7, 11) is 0. The third-order valence-electron chi connectivity index (χ3n) is 4.43. The Balaban J connectivity index is 1.38. The molecule has 1 aromatic heterocycles. The van der Waals surface area contributed by atoms with E-state index in [2.05, 4.69) is 27.3 Å². The molecule has 2 amide bonds. The van der Waals surface area contributed by atoms with Gasteiger partial charge in [-0.3, -0.25) is 0 Å². The van der Waals surface area contributed by atoms with E-state index in [0.29, 0.717) is 0 Å². The summed E-state index contributed by atoms with van der Waals surface area (Å²) in [5, 5.41) is 4.04. The molecule has 0 aliphatic carbocycles. The summed E-state index contributed by atoms with van der Waals surface area (Å²) in [6.07, 6.45) is 0. The topological polar surface area (TPSA) is 48.5 Å². The van der Waals surface area contributed by atoms with Crippen LogP contribution >= 0.6 is 11.3 Å². The fourth-order valence-electron chi connectivity index (χ4n) is 3.13. The van der Waals surface area contributed by atoms with Crippen molar-refractivity contribution in [2.45, 2.75) is 6.92 Å². The number of aryl methyl sites for hydroxylation is 1. The van der Waals surface area contributed by atoms with Gasteiger partial charge in [-0.2, -0.15) is 0 Å². The number of anilines is 2. The molecule has 0 saturated carbocycles. The molecule has 5 nitrogen and oxygen atoms in total. The number of fused-ring (bicyclic) bond motifs is 1. The SMILES string of the molecule is Cc1nc2cc(NC(=O)N3CCN(c4ccccc4)CC3)ccc2s1. The maximum Gasteiger partial charge on any atom is 0.321 e. The zero-order valence-corrected chi connectivity index (χ0v) is 14.9. The van der Waals surface area contributed by atoms with Crippen LogP contribution < -0.4 is 10.2 Å². The number of hydrogen-bond donors (Lipinski definition) is 1. The van der Waals surface area contributed by atoms with Crippen LogP contribution in [0.25, 0.3) is 10.2 Å². The van der Waals surface area contributed by atoms with E-state index in [-0.39, 0.29) is 6.03 Å². The molecule has 1 N–H and O–H groups in total. The monoisotopic (exact) mass is 352 g/mol. The summed E-state index contributed by atoms with van der Waals surface area (Å²) in [5.74, 6) is 0. The van der Waals surface area contributed by atoms with Gasteiger partial charge in [-0.1, -0.05) is 18.2 Å². The van der Waals surface area contributed by atoms with E-state index in [1.54, 1.807) is 11.3 Å². The summed E-state index contributed by atoms with van der Waals surface area (Å²) in [5.41, 5.74) is 2.95. The summed E-state index contributed by atoms with van der Waals surface area (Å²) in [4.78, 5) is 21.2. The minimum Gasteiger partial charge on any atom is -0.368 e. The Morgan fingerprint density at radius 1 is 1.08 bits per heavy atom.